The maximum Gasteiger partial charge on any atom is 0.265 e. The Balaban J connectivity index is 2.30. The predicted octanol–water partition coefficient (Wildman–Crippen LogP) is 2.12. The molecule has 17 heavy (non-hydrogen) atoms. The molecule has 0 atom stereocenters. The number of sulfonamides is 1. The fourth-order valence-electron chi connectivity index (χ4n) is 1.34. The Kier molecular flexibility index (Phi) is 3.38. The van der Waals surface area contributed by atoms with Gasteiger partial charge in [-0.3, -0.25) is 9.82 Å². The van der Waals surface area contributed by atoms with E-state index >= 15 is 0 Å². The molecule has 0 radical (unpaired) electrons. The van der Waals surface area contributed by atoms with Gasteiger partial charge in [0.25, 0.3) is 10.0 Å². The number of H-pyrrole nitrogens is 1. The molecule has 0 amide bonds. The van der Waals surface area contributed by atoms with Gasteiger partial charge in [-0.15, -0.1) is 0 Å². The number of anilines is 1. The third-order valence-corrected chi connectivity index (χ3v) is 4.38. The molecule has 0 unspecified atom stereocenters. The van der Waals surface area contributed by atoms with Crippen LogP contribution in [0.25, 0.3) is 0 Å². The van der Waals surface area contributed by atoms with E-state index in [2.05, 4.69) is 37.5 Å². The van der Waals surface area contributed by atoms with Crippen molar-refractivity contribution < 1.29 is 8.42 Å². The first-order valence-corrected chi connectivity index (χ1v) is 7.33. The SMILES string of the molecule is Cc1[nH]ncc1S(=O)(=O)Nc1ccc(I)cc1. The van der Waals surface area contributed by atoms with Crippen molar-refractivity contribution in [2.24, 2.45) is 0 Å². The van der Waals surface area contributed by atoms with Crippen LogP contribution in [0.3, 0.4) is 0 Å². The number of rotatable bonds is 3. The van der Waals surface area contributed by atoms with Crippen LogP contribution in [0.15, 0.2) is 35.4 Å². The number of aromatic amines is 1. The Morgan fingerprint density at radius 3 is 2.47 bits per heavy atom. The lowest BCUT2D eigenvalue weighted by atomic mass is 10.3. The number of hydrogen-bond acceptors (Lipinski definition) is 3. The van der Waals surface area contributed by atoms with Gasteiger partial charge in [-0.1, -0.05) is 0 Å². The smallest absolute Gasteiger partial charge is 0.265 e. The molecule has 1 aromatic carbocycles. The molecule has 5 nitrogen and oxygen atoms in total. The van der Waals surface area contributed by atoms with Crippen LogP contribution in [-0.2, 0) is 10.0 Å². The number of nitrogens with zero attached hydrogens (tertiary/aromatic N) is 1. The topological polar surface area (TPSA) is 74.8 Å². The normalized spacial score (nSPS) is 11.4. The van der Waals surface area contributed by atoms with Crippen molar-refractivity contribution in [3.63, 3.8) is 0 Å². The molecule has 0 aliphatic rings. The Morgan fingerprint density at radius 2 is 1.94 bits per heavy atom. The van der Waals surface area contributed by atoms with Gasteiger partial charge in [-0.25, -0.2) is 8.42 Å². The van der Waals surface area contributed by atoms with E-state index in [1.54, 1.807) is 19.1 Å². The monoisotopic (exact) mass is 363 g/mol. The van der Waals surface area contributed by atoms with Crippen molar-refractivity contribution in [3.8, 4) is 0 Å². The van der Waals surface area contributed by atoms with Crippen LogP contribution in [-0.4, -0.2) is 18.6 Å². The van der Waals surface area contributed by atoms with E-state index in [0.717, 1.165) is 3.57 Å². The molecule has 0 saturated carbocycles. The second kappa shape index (κ2) is 4.65. The highest BCUT2D eigenvalue weighted by molar-refractivity contribution is 14.1. The minimum absolute atomic E-state index is 0.163. The van der Waals surface area contributed by atoms with E-state index in [9.17, 15) is 8.42 Å². The Morgan fingerprint density at radius 1 is 1.29 bits per heavy atom. The van der Waals surface area contributed by atoms with Crippen molar-refractivity contribution in [1.82, 2.24) is 10.2 Å². The van der Waals surface area contributed by atoms with Crippen LogP contribution in [0.5, 0.6) is 0 Å². The lowest BCUT2D eigenvalue weighted by molar-refractivity contribution is 0.600. The molecular formula is C10H10IN3O2S. The van der Waals surface area contributed by atoms with Crippen LogP contribution in [0.2, 0.25) is 0 Å². The molecule has 0 spiro atoms. The van der Waals surface area contributed by atoms with Crippen molar-refractivity contribution in [2.75, 3.05) is 4.72 Å². The van der Waals surface area contributed by atoms with Gasteiger partial charge in [0, 0.05) is 9.26 Å². The number of aromatic nitrogens is 2. The molecule has 0 bridgehead atoms. The van der Waals surface area contributed by atoms with Crippen molar-refractivity contribution >= 4 is 38.3 Å². The van der Waals surface area contributed by atoms with Gasteiger partial charge in [0.05, 0.1) is 11.9 Å². The van der Waals surface area contributed by atoms with Crippen molar-refractivity contribution in [1.29, 1.82) is 0 Å². The lowest BCUT2D eigenvalue weighted by Gasteiger charge is -2.06. The summed E-state index contributed by atoms with van der Waals surface area (Å²) >= 11 is 2.16. The molecule has 0 saturated heterocycles. The highest BCUT2D eigenvalue weighted by Gasteiger charge is 2.18. The zero-order chi connectivity index (χ0) is 12.5. The molecule has 1 heterocycles. The first-order valence-electron chi connectivity index (χ1n) is 4.77. The van der Waals surface area contributed by atoms with Crippen LogP contribution < -0.4 is 4.72 Å². The highest BCUT2D eigenvalue weighted by Crippen LogP contribution is 2.18. The number of nitrogens with one attached hydrogen (secondary N) is 2. The third-order valence-electron chi connectivity index (χ3n) is 2.17. The standard InChI is InChI=1S/C10H10IN3O2S/c1-7-10(6-12-13-7)17(15,16)14-9-4-2-8(11)3-5-9/h2-6,14H,1H3,(H,12,13). The number of halogens is 1. The number of benzene rings is 1. The van der Waals surface area contributed by atoms with E-state index in [0.29, 0.717) is 11.4 Å². The van der Waals surface area contributed by atoms with Gasteiger partial charge in [0.15, 0.2) is 0 Å². The predicted molar refractivity (Wildman–Crippen MR) is 73.3 cm³/mol. The van der Waals surface area contributed by atoms with Gasteiger partial charge < -0.3 is 0 Å². The summed E-state index contributed by atoms with van der Waals surface area (Å²) in [6.07, 6.45) is 1.30. The summed E-state index contributed by atoms with van der Waals surface area (Å²) in [7, 11) is -3.56. The van der Waals surface area contributed by atoms with Crippen LogP contribution >= 0.6 is 22.6 Å². The number of aryl methyl sites for hydroxylation is 1. The quantitative estimate of drug-likeness (QED) is 0.821. The maximum atomic E-state index is 12.0. The zero-order valence-corrected chi connectivity index (χ0v) is 11.9. The van der Waals surface area contributed by atoms with Gasteiger partial charge in [-0.05, 0) is 53.8 Å². The van der Waals surface area contributed by atoms with Crippen LogP contribution in [0.1, 0.15) is 5.69 Å². The third kappa shape index (κ3) is 2.78. The summed E-state index contributed by atoms with van der Waals surface area (Å²) in [6.45, 7) is 1.66. The molecule has 2 rings (SSSR count). The second-order valence-corrected chi connectivity index (χ2v) is 6.37. The zero-order valence-electron chi connectivity index (χ0n) is 8.94. The summed E-state index contributed by atoms with van der Waals surface area (Å²) in [5.74, 6) is 0. The van der Waals surface area contributed by atoms with E-state index < -0.39 is 10.0 Å². The minimum atomic E-state index is -3.56. The number of hydrogen-bond donors (Lipinski definition) is 2. The van der Waals surface area contributed by atoms with E-state index in [1.165, 1.54) is 6.20 Å². The van der Waals surface area contributed by atoms with Gasteiger partial charge in [0.1, 0.15) is 4.90 Å². The molecule has 0 fully saturated rings. The van der Waals surface area contributed by atoms with Crippen LogP contribution in [0, 0.1) is 10.5 Å². The summed E-state index contributed by atoms with van der Waals surface area (Å²) in [5, 5.41) is 6.30. The largest absolute Gasteiger partial charge is 0.281 e. The van der Waals surface area contributed by atoms with Gasteiger partial charge >= 0.3 is 0 Å². The molecule has 1 aromatic heterocycles. The highest BCUT2D eigenvalue weighted by atomic mass is 127. The molecule has 0 aliphatic heterocycles. The molecule has 7 heteroatoms. The van der Waals surface area contributed by atoms with Crippen molar-refractivity contribution in [2.45, 2.75) is 11.8 Å². The fourth-order valence-corrected chi connectivity index (χ4v) is 2.89. The first kappa shape index (κ1) is 12.4. The molecular weight excluding hydrogens is 353 g/mol. The maximum absolute atomic E-state index is 12.0. The summed E-state index contributed by atoms with van der Waals surface area (Å²) in [5.41, 5.74) is 1.05. The van der Waals surface area contributed by atoms with Crippen molar-refractivity contribution in [3.05, 3.63) is 39.7 Å². The summed E-state index contributed by atoms with van der Waals surface area (Å²) in [6, 6.07) is 7.10. The van der Waals surface area contributed by atoms with Crippen LogP contribution in [0.4, 0.5) is 5.69 Å². The first-order chi connectivity index (χ1) is 7.99. The Hall–Kier alpha value is -1.09. The molecule has 2 aromatic rings. The summed E-state index contributed by atoms with van der Waals surface area (Å²) in [4.78, 5) is 0.163. The van der Waals surface area contributed by atoms with E-state index in [4.69, 9.17) is 0 Å². The average molecular weight is 363 g/mol. The minimum Gasteiger partial charge on any atom is -0.281 e. The van der Waals surface area contributed by atoms with E-state index in [-0.39, 0.29) is 4.90 Å². The Bertz CT molecular complexity index is 619. The second-order valence-electron chi connectivity index (χ2n) is 3.47. The fraction of sp³-hybridized carbons (Fsp3) is 0.100. The molecule has 90 valence electrons. The molecule has 0 aliphatic carbocycles. The van der Waals surface area contributed by atoms with E-state index in [1.807, 2.05) is 12.1 Å². The Labute approximate surface area is 113 Å². The average Bonchev–Trinajstić information content (AvgIpc) is 2.68. The summed E-state index contributed by atoms with van der Waals surface area (Å²) < 4.78 is 27.5. The molecule has 2 N–H and O–H groups in total. The van der Waals surface area contributed by atoms with Gasteiger partial charge in [0.2, 0.25) is 0 Å². The van der Waals surface area contributed by atoms with Gasteiger partial charge in [-0.2, -0.15) is 5.10 Å². The lowest BCUT2D eigenvalue weighted by Crippen LogP contribution is -2.13.